The molecule has 0 atom stereocenters. The minimum atomic E-state index is 0.339. The molecule has 0 aliphatic carbocycles. The minimum absolute atomic E-state index is 0.339. The number of aliphatic hydroxyl groups excluding tert-OH is 1. The smallest absolute Gasteiger partial charge is 0.0443 e. The number of piperidine rings is 1. The van der Waals surface area contributed by atoms with Gasteiger partial charge in [0.1, 0.15) is 0 Å². The first-order valence-electron chi connectivity index (χ1n) is 6.47. The molecule has 1 N–H and O–H groups in total. The topological polar surface area (TPSA) is 26.7 Å². The number of hydrogen-bond donors (Lipinski definition) is 1. The zero-order valence-corrected chi connectivity index (χ0v) is 9.70. The second-order valence-corrected chi connectivity index (χ2v) is 4.89. The number of rotatable bonds is 4. The highest BCUT2D eigenvalue weighted by molar-refractivity contribution is 4.82. The van der Waals surface area contributed by atoms with Gasteiger partial charge in [0.2, 0.25) is 0 Å². The lowest BCUT2D eigenvalue weighted by molar-refractivity contribution is 0.121. The summed E-state index contributed by atoms with van der Waals surface area (Å²) in [5, 5.41) is 8.79. The molecule has 2 heterocycles. The zero-order chi connectivity index (χ0) is 10.5. The Kier molecular flexibility index (Phi) is 4.42. The van der Waals surface area contributed by atoms with Crippen molar-refractivity contribution in [3.63, 3.8) is 0 Å². The molecule has 0 aromatic heterocycles. The van der Waals surface area contributed by atoms with Gasteiger partial charge >= 0.3 is 0 Å². The average Bonchev–Trinajstić information content (AvgIpc) is 2.80. The third-order valence-electron chi connectivity index (χ3n) is 3.85. The molecule has 0 spiro atoms. The van der Waals surface area contributed by atoms with Gasteiger partial charge < -0.3 is 14.9 Å². The summed E-state index contributed by atoms with van der Waals surface area (Å²) < 4.78 is 0. The highest BCUT2D eigenvalue weighted by atomic mass is 16.3. The van der Waals surface area contributed by atoms with Crippen LogP contribution in [0.4, 0.5) is 0 Å². The van der Waals surface area contributed by atoms with Crippen LogP contribution >= 0.6 is 0 Å². The van der Waals surface area contributed by atoms with Crippen LogP contribution in [-0.4, -0.2) is 60.3 Å². The molecule has 0 radical (unpaired) electrons. The van der Waals surface area contributed by atoms with Crippen molar-refractivity contribution in [2.75, 3.05) is 39.3 Å². The first-order valence-corrected chi connectivity index (χ1v) is 6.47. The van der Waals surface area contributed by atoms with Crippen molar-refractivity contribution in [1.82, 2.24) is 9.80 Å². The molecular formula is C12H24N2O. The molecule has 2 aliphatic heterocycles. The second kappa shape index (κ2) is 5.83. The van der Waals surface area contributed by atoms with Crippen molar-refractivity contribution in [2.45, 2.75) is 38.1 Å². The summed E-state index contributed by atoms with van der Waals surface area (Å²) in [5.74, 6) is 0. The molecule has 88 valence electrons. The minimum Gasteiger partial charge on any atom is -0.396 e. The summed E-state index contributed by atoms with van der Waals surface area (Å²) in [6, 6.07) is 0.859. The molecule has 3 nitrogen and oxygen atoms in total. The predicted octanol–water partition coefficient (Wildman–Crippen LogP) is 0.929. The van der Waals surface area contributed by atoms with Crippen molar-refractivity contribution in [2.24, 2.45) is 0 Å². The van der Waals surface area contributed by atoms with Gasteiger partial charge in [0.15, 0.2) is 0 Å². The first-order chi connectivity index (χ1) is 7.40. The largest absolute Gasteiger partial charge is 0.396 e. The van der Waals surface area contributed by atoms with Crippen LogP contribution in [0.3, 0.4) is 0 Å². The molecule has 2 fully saturated rings. The zero-order valence-electron chi connectivity index (χ0n) is 9.70. The van der Waals surface area contributed by atoms with Gasteiger partial charge in [-0.3, -0.25) is 0 Å². The molecule has 0 unspecified atom stereocenters. The van der Waals surface area contributed by atoms with Crippen LogP contribution < -0.4 is 0 Å². The molecule has 0 saturated carbocycles. The van der Waals surface area contributed by atoms with Crippen LogP contribution in [0.25, 0.3) is 0 Å². The average molecular weight is 212 g/mol. The quantitative estimate of drug-likeness (QED) is 0.751. The first kappa shape index (κ1) is 11.4. The number of likely N-dealkylation sites (tertiary alicyclic amines) is 2. The van der Waals surface area contributed by atoms with E-state index >= 15 is 0 Å². The van der Waals surface area contributed by atoms with Crippen molar-refractivity contribution in [3.8, 4) is 0 Å². The molecule has 15 heavy (non-hydrogen) atoms. The van der Waals surface area contributed by atoms with Gasteiger partial charge in [-0.05, 0) is 58.3 Å². The van der Waals surface area contributed by atoms with E-state index in [1.54, 1.807) is 0 Å². The van der Waals surface area contributed by atoms with E-state index in [1.807, 2.05) is 0 Å². The Bertz CT molecular complexity index is 172. The van der Waals surface area contributed by atoms with E-state index < -0.39 is 0 Å². The number of nitrogens with zero attached hydrogens (tertiary/aromatic N) is 2. The summed E-state index contributed by atoms with van der Waals surface area (Å²) in [6.45, 7) is 6.57. The Labute approximate surface area is 93.1 Å². The molecule has 2 saturated heterocycles. The van der Waals surface area contributed by atoms with Crippen LogP contribution in [0.1, 0.15) is 32.1 Å². The fourth-order valence-electron chi connectivity index (χ4n) is 2.91. The standard InChI is InChI=1S/C12H24N2O/c15-11-3-6-13-9-4-12(5-10-13)14-7-1-2-8-14/h12,15H,1-11H2. The van der Waals surface area contributed by atoms with E-state index in [-0.39, 0.29) is 0 Å². The molecule has 0 aromatic carbocycles. The van der Waals surface area contributed by atoms with Gasteiger partial charge in [0.25, 0.3) is 0 Å². The second-order valence-electron chi connectivity index (χ2n) is 4.89. The maximum atomic E-state index is 8.79. The Hall–Kier alpha value is -0.120. The fraction of sp³-hybridized carbons (Fsp3) is 1.00. The van der Waals surface area contributed by atoms with Gasteiger partial charge in [-0.1, -0.05) is 0 Å². The molecule has 0 bridgehead atoms. The SMILES string of the molecule is OCCCN1CCC(N2CCCC2)CC1. The fourth-order valence-corrected chi connectivity index (χ4v) is 2.91. The van der Waals surface area contributed by atoms with E-state index in [4.69, 9.17) is 5.11 Å². The number of aliphatic hydroxyl groups is 1. The maximum absolute atomic E-state index is 8.79. The van der Waals surface area contributed by atoms with Gasteiger partial charge in [0.05, 0.1) is 0 Å². The molecule has 0 aromatic rings. The van der Waals surface area contributed by atoms with E-state index in [9.17, 15) is 0 Å². The Morgan fingerprint density at radius 2 is 1.67 bits per heavy atom. The van der Waals surface area contributed by atoms with E-state index in [0.717, 1.165) is 19.0 Å². The molecule has 2 rings (SSSR count). The van der Waals surface area contributed by atoms with Crippen molar-refractivity contribution < 1.29 is 5.11 Å². The normalized spacial score (nSPS) is 26.2. The molecule has 0 amide bonds. The Balaban J connectivity index is 1.67. The van der Waals surface area contributed by atoms with E-state index in [0.29, 0.717) is 6.61 Å². The van der Waals surface area contributed by atoms with Crippen molar-refractivity contribution >= 4 is 0 Å². The van der Waals surface area contributed by atoms with Crippen molar-refractivity contribution in [1.29, 1.82) is 0 Å². The van der Waals surface area contributed by atoms with Gasteiger partial charge in [-0.2, -0.15) is 0 Å². The highest BCUT2D eigenvalue weighted by Gasteiger charge is 2.25. The Morgan fingerprint density at radius 1 is 1.00 bits per heavy atom. The lowest BCUT2D eigenvalue weighted by atomic mass is 10.0. The highest BCUT2D eigenvalue weighted by Crippen LogP contribution is 2.20. The van der Waals surface area contributed by atoms with E-state index in [1.165, 1.54) is 51.9 Å². The van der Waals surface area contributed by atoms with Crippen LogP contribution in [-0.2, 0) is 0 Å². The van der Waals surface area contributed by atoms with Crippen LogP contribution in [0.2, 0.25) is 0 Å². The third kappa shape index (κ3) is 3.16. The van der Waals surface area contributed by atoms with Crippen LogP contribution in [0.5, 0.6) is 0 Å². The summed E-state index contributed by atoms with van der Waals surface area (Å²) in [4.78, 5) is 5.19. The lowest BCUT2D eigenvalue weighted by Crippen LogP contribution is -2.44. The van der Waals surface area contributed by atoms with Gasteiger partial charge in [-0.15, -0.1) is 0 Å². The third-order valence-corrected chi connectivity index (χ3v) is 3.85. The lowest BCUT2D eigenvalue weighted by Gasteiger charge is -2.36. The molecular weight excluding hydrogens is 188 g/mol. The summed E-state index contributed by atoms with van der Waals surface area (Å²) >= 11 is 0. The molecule has 3 heteroatoms. The summed E-state index contributed by atoms with van der Waals surface area (Å²) in [5.41, 5.74) is 0. The maximum Gasteiger partial charge on any atom is 0.0443 e. The molecule has 2 aliphatic rings. The number of hydrogen-bond acceptors (Lipinski definition) is 3. The summed E-state index contributed by atoms with van der Waals surface area (Å²) in [7, 11) is 0. The van der Waals surface area contributed by atoms with Crippen LogP contribution in [0.15, 0.2) is 0 Å². The van der Waals surface area contributed by atoms with E-state index in [2.05, 4.69) is 9.80 Å². The monoisotopic (exact) mass is 212 g/mol. The van der Waals surface area contributed by atoms with Crippen molar-refractivity contribution in [3.05, 3.63) is 0 Å². The Morgan fingerprint density at radius 3 is 2.27 bits per heavy atom. The predicted molar refractivity (Wildman–Crippen MR) is 62.0 cm³/mol. The van der Waals surface area contributed by atoms with Crippen LogP contribution in [0, 0.1) is 0 Å². The van der Waals surface area contributed by atoms with Gasteiger partial charge in [0, 0.05) is 19.2 Å². The summed E-state index contributed by atoms with van der Waals surface area (Å²) in [6.07, 6.45) is 6.43. The van der Waals surface area contributed by atoms with Gasteiger partial charge in [-0.25, -0.2) is 0 Å².